The minimum absolute atomic E-state index is 0.0483. The van der Waals surface area contributed by atoms with Crippen LogP contribution >= 0.6 is 0 Å². The van der Waals surface area contributed by atoms with Crippen LogP contribution in [0.2, 0.25) is 0 Å². The van der Waals surface area contributed by atoms with Crippen molar-refractivity contribution >= 4 is 28.6 Å². The number of benzene rings is 2. The summed E-state index contributed by atoms with van der Waals surface area (Å²) in [5.41, 5.74) is 8.03. The van der Waals surface area contributed by atoms with Gasteiger partial charge in [0.15, 0.2) is 5.78 Å². The van der Waals surface area contributed by atoms with E-state index in [-0.39, 0.29) is 35.7 Å². The third kappa shape index (κ3) is 6.10. The third-order valence-electron chi connectivity index (χ3n) is 8.34. The predicted molar refractivity (Wildman–Crippen MR) is 146 cm³/mol. The number of amides is 1. The Bertz CT molecular complexity index is 1350. The molecule has 3 N–H and O–H groups in total. The Balaban J connectivity index is 1.33. The third-order valence-corrected chi connectivity index (χ3v) is 8.34. The molecule has 40 heavy (non-hydrogen) atoms. The first-order valence-electron chi connectivity index (χ1n) is 13.9. The number of rotatable bonds is 10. The number of nitrogens with zero attached hydrogens (tertiary/aromatic N) is 1. The van der Waals surface area contributed by atoms with Crippen LogP contribution in [-0.4, -0.2) is 59.1 Å². The van der Waals surface area contributed by atoms with Gasteiger partial charge in [-0.1, -0.05) is 36.4 Å². The summed E-state index contributed by atoms with van der Waals surface area (Å²) in [6.07, 6.45) is 2.85. The Labute approximate surface area is 232 Å². The molecule has 0 bridgehead atoms. The van der Waals surface area contributed by atoms with Crippen LogP contribution in [0.1, 0.15) is 53.8 Å². The SMILES string of the molecule is N[C@H](CF)C1CCC(C(=O)N2CC[C@H](OCc3ccccc3)[C@H]2C(=O)Cc2ccc3oc(C(=O)O)cc3c2)CC1. The normalized spacial score (nSPS) is 23.8. The molecule has 2 aliphatic rings. The molecular weight excluding hydrogens is 515 g/mol. The molecule has 212 valence electrons. The number of furan rings is 1. The molecule has 1 amide bonds. The average Bonchev–Trinajstić information content (AvgIpc) is 3.60. The number of carbonyl (C=O) groups is 3. The van der Waals surface area contributed by atoms with E-state index < -0.39 is 30.8 Å². The highest BCUT2D eigenvalue weighted by molar-refractivity contribution is 5.94. The van der Waals surface area contributed by atoms with Gasteiger partial charge in [-0.25, -0.2) is 9.18 Å². The fourth-order valence-corrected chi connectivity index (χ4v) is 6.11. The lowest BCUT2D eigenvalue weighted by molar-refractivity contribution is -0.144. The maximum absolute atomic E-state index is 13.8. The number of alkyl halides is 1. The molecule has 2 aromatic carbocycles. The lowest BCUT2D eigenvalue weighted by Gasteiger charge is -2.34. The summed E-state index contributed by atoms with van der Waals surface area (Å²) in [5.74, 6) is -1.64. The number of carbonyl (C=O) groups excluding carboxylic acids is 2. The highest BCUT2D eigenvalue weighted by atomic mass is 19.1. The minimum atomic E-state index is -1.16. The van der Waals surface area contributed by atoms with Crippen LogP contribution in [-0.2, 0) is 27.4 Å². The first kappa shape index (κ1) is 28.0. The van der Waals surface area contributed by atoms with Crippen LogP contribution in [0.15, 0.2) is 59.0 Å². The van der Waals surface area contributed by atoms with Gasteiger partial charge in [0.25, 0.3) is 0 Å². The summed E-state index contributed by atoms with van der Waals surface area (Å²) in [7, 11) is 0. The quantitative estimate of drug-likeness (QED) is 0.380. The first-order valence-corrected chi connectivity index (χ1v) is 13.9. The van der Waals surface area contributed by atoms with E-state index in [1.54, 1.807) is 23.1 Å². The number of halogens is 1. The summed E-state index contributed by atoms with van der Waals surface area (Å²) < 4.78 is 24.6. The minimum Gasteiger partial charge on any atom is -0.475 e. The fraction of sp³-hybridized carbons (Fsp3) is 0.452. The molecule has 1 aliphatic heterocycles. The van der Waals surface area contributed by atoms with Crippen molar-refractivity contribution in [2.75, 3.05) is 13.2 Å². The summed E-state index contributed by atoms with van der Waals surface area (Å²) in [4.78, 5) is 40.5. The van der Waals surface area contributed by atoms with Crippen LogP contribution in [0.3, 0.4) is 0 Å². The monoisotopic (exact) mass is 550 g/mol. The van der Waals surface area contributed by atoms with Gasteiger partial charge in [-0.15, -0.1) is 0 Å². The molecule has 3 atom stereocenters. The Morgan fingerprint density at radius 2 is 1.77 bits per heavy atom. The maximum Gasteiger partial charge on any atom is 0.371 e. The number of aromatic carboxylic acids is 1. The standard InChI is InChI=1S/C31H35FN2O6/c32-17-24(33)21-7-9-22(10-8-21)30(36)34-13-12-27(39-18-19-4-2-1-3-5-19)29(34)25(35)15-20-6-11-26-23(14-20)16-28(40-26)31(37)38/h1-6,11,14,16,21-22,24,27,29H,7-10,12-13,15,17-18,33H2,(H,37,38)/t21?,22?,24-,27+,29-/m1/s1. The fourth-order valence-electron chi connectivity index (χ4n) is 6.11. The zero-order chi connectivity index (χ0) is 28.2. The van der Waals surface area contributed by atoms with E-state index >= 15 is 0 Å². The Morgan fingerprint density at radius 3 is 2.48 bits per heavy atom. The van der Waals surface area contributed by atoms with E-state index in [1.165, 1.54) is 6.07 Å². The lowest BCUT2D eigenvalue weighted by Crippen LogP contribution is -2.49. The van der Waals surface area contributed by atoms with E-state index in [4.69, 9.17) is 14.9 Å². The van der Waals surface area contributed by atoms with E-state index in [0.717, 1.165) is 5.56 Å². The maximum atomic E-state index is 13.8. The lowest BCUT2D eigenvalue weighted by atomic mass is 9.78. The predicted octanol–water partition coefficient (Wildman–Crippen LogP) is 4.53. The van der Waals surface area contributed by atoms with Crippen LogP contribution in [0.4, 0.5) is 4.39 Å². The van der Waals surface area contributed by atoms with Gasteiger partial charge >= 0.3 is 5.97 Å². The second kappa shape index (κ2) is 12.3. The van der Waals surface area contributed by atoms with E-state index in [2.05, 4.69) is 0 Å². The number of ketones is 1. The Hall–Kier alpha value is -3.56. The van der Waals surface area contributed by atoms with E-state index in [9.17, 15) is 23.9 Å². The summed E-state index contributed by atoms with van der Waals surface area (Å²) >= 11 is 0. The number of likely N-dealkylation sites (tertiary alicyclic amines) is 1. The molecule has 2 fully saturated rings. The molecule has 5 rings (SSSR count). The summed E-state index contributed by atoms with van der Waals surface area (Å²) in [6, 6.07) is 15.1. The van der Waals surface area contributed by atoms with Gasteiger partial charge in [0, 0.05) is 30.3 Å². The van der Waals surface area contributed by atoms with Crippen molar-refractivity contribution in [2.45, 2.75) is 63.3 Å². The van der Waals surface area contributed by atoms with Crippen LogP contribution in [0.25, 0.3) is 11.0 Å². The van der Waals surface area contributed by atoms with Gasteiger partial charge in [0.05, 0.1) is 12.7 Å². The number of ether oxygens (including phenoxy) is 1. The number of carboxylic acids is 1. The smallest absolute Gasteiger partial charge is 0.371 e. The molecule has 1 aliphatic carbocycles. The van der Waals surface area contributed by atoms with Crippen molar-refractivity contribution in [3.63, 3.8) is 0 Å². The van der Waals surface area contributed by atoms with Crippen molar-refractivity contribution in [3.05, 3.63) is 71.5 Å². The molecule has 8 nitrogen and oxygen atoms in total. The number of Topliss-reactive ketones (excluding diaryl/α,β-unsaturated/α-hetero) is 1. The van der Waals surface area contributed by atoms with Gasteiger partial charge in [0.1, 0.15) is 18.3 Å². The van der Waals surface area contributed by atoms with Crippen molar-refractivity contribution in [1.29, 1.82) is 0 Å². The summed E-state index contributed by atoms with van der Waals surface area (Å²) in [5, 5.41) is 9.83. The Morgan fingerprint density at radius 1 is 1.02 bits per heavy atom. The molecule has 1 saturated heterocycles. The first-order chi connectivity index (χ1) is 19.3. The number of carboxylic acid groups (broad SMARTS) is 1. The molecule has 9 heteroatoms. The van der Waals surface area contributed by atoms with Gasteiger partial charge in [-0.3, -0.25) is 9.59 Å². The van der Waals surface area contributed by atoms with Gasteiger partial charge < -0.3 is 24.9 Å². The van der Waals surface area contributed by atoms with E-state index in [0.29, 0.717) is 61.8 Å². The van der Waals surface area contributed by atoms with Crippen molar-refractivity contribution in [1.82, 2.24) is 4.90 Å². The molecule has 1 aromatic heterocycles. The molecule has 2 heterocycles. The topological polar surface area (TPSA) is 123 Å². The average molecular weight is 551 g/mol. The largest absolute Gasteiger partial charge is 0.475 e. The van der Waals surface area contributed by atoms with Crippen LogP contribution in [0, 0.1) is 11.8 Å². The molecule has 0 spiro atoms. The highest BCUT2D eigenvalue weighted by Crippen LogP contribution is 2.34. The number of nitrogens with two attached hydrogens (primary N) is 1. The summed E-state index contributed by atoms with van der Waals surface area (Å²) in [6.45, 7) is 0.207. The van der Waals surface area contributed by atoms with Crippen LogP contribution < -0.4 is 5.73 Å². The van der Waals surface area contributed by atoms with E-state index in [1.807, 2.05) is 30.3 Å². The molecular formula is C31H35FN2O6. The Kier molecular flexibility index (Phi) is 8.61. The second-order valence-electron chi connectivity index (χ2n) is 11.0. The van der Waals surface area contributed by atoms with Gasteiger partial charge in [-0.2, -0.15) is 0 Å². The highest BCUT2D eigenvalue weighted by Gasteiger charge is 2.44. The molecule has 3 aromatic rings. The second-order valence-corrected chi connectivity index (χ2v) is 11.0. The van der Waals surface area contributed by atoms with Crippen LogP contribution in [0.5, 0.6) is 0 Å². The number of hydrogen-bond acceptors (Lipinski definition) is 6. The number of fused-ring (bicyclic) bond motifs is 1. The van der Waals surface area contributed by atoms with Crippen molar-refractivity contribution in [3.8, 4) is 0 Å². The number of hydrogen-bond donors (Lipinski definition) is 2. The van der Waals surface area contributed by atoms with Gasteiger partial charge in [0.2, 0.25) is 11.7 Å². The molecule has 0 radical (unpaired) electrons. The zero-order valence-electron chi connectivity index (χ0n) is 22.3. The molecule has 1 saturated carbocycles. The van der Waals surface area contributed by atoms with Gasteiger partial charge in [-0.05, 0) is 67.3 Å². The van der Waals surface area contributed by atoms with Crippen molar-refractivity contribution < 1.29 is 33.0 Å². The van der Waals surface area contributed by atoms with Crippen molar-refractivity contribution in [2.24, 2.45) is 17.6 Å². The molecule has 0 unspecified atom stereocenters. The zero-order valence-corrected chi connectivity index (χ0v) is 22.3.